The first-order valence-electron chi connectivity index (χ1n) is 14.5. The van der Waals surface area contributed by atoms with Crippen molar-refractivity contribution >= 4 is 11.8 Å². The zero-order valence-electron chi connectivity index (χ0n) is 25.4. The van der Waals surface area contributed by atoms with Crippen molar-refractivity contribution < 1.29 is 9.59 Å². The summed E-state index contributed by atoms with van der Waals surface area (Å²) in [5.41, 5.74) is 0.377. The molecule has 0 aromatic heterocycles. The van der Waals surface area contributed by atoms with Crippen LogP contribution in [-0.4, -0.2) is 69.9 Å². The molecular formula is C30H58N4O2. The smallest absolute Gasteiger partial charge is 0.220 e. The zero-order chi connectivity index (χ0) is 27.4. The molecular weight excluding hydrogens is 448 g/mol. The molecule has 2 rings (SSSR count). The van der Waals surface area contributed by atoms with Gasteiger partial charge in [-0.25, -0.2) is 0 Å². The molecule has 2 heterocycles. The molecule has 0 spiro atoms. The van der Waals surface area contributed by atoms with Crippen LogP contribution in [-0.2, 0) is 9.59 Å². The molecule has 210 valence electrons. The fourth-order valence-electron chi connectivity index (χ4n) is 6.82. The van der Waals surface area contributed by atoms with Crippen molar-refractivity contribution in [3.05, 3.63) is 0 Å². The van der Waals surface area contributed by atoms with Crippen molar-refractivity contribution in [2.45, 2.75) is 167 Å². The highest BCUT2D eigenvalue weighted by molar-refractivity contribution is 5.76. The van der Waals surface area contributed by atoms with E-state index in [9.17, 15) is 9.59 Å². The fraction of sp³-hybridized carbons (Fsp3) is 0.933. The summed E-state index contributed by atoms with van der Waals surface area (Å²) in [4.78, 5) is 29.9. The summed E-state index contributed by atoms with van der Waals surface area (Å²) in [6.45, 7) is 18.2. The summed E-state index contributed by atoms with van der Waals surface area (Å²) in [5, 5.41) is 6.61. The van der Waals surface area contributed by atoms with Gasteiger partial charge in [-0.15, -0.1) is 0 Å². The molecule has 0 bridgehead atoms. The minimum atomic E-state index is 0.0941. The number of amides is 2. The number of carbonyl (C=O) groups excluding carboxylic acids is 2. The Balaban J connectivity index is 1.54. The summed E-state index contributed by atoms with van der Waals surface area (Å²) >= 11 is 0. The SMILES string of the molecule is CN1C(C)(C)CC(NC(=O)CCCCCCCCC(=O)NC2CC(C)(C)N(C)C(C)(C)C2)CC1(C)C. The molecule has 0 atom stereocenters. The van der Waals surface area contributed by atoms with Gasteiger partial charge in [0.05, 0.1) is 0 Å². The first-order valence-corrected chi connectivity index (χ1v) is 14.5. The van der Waals surface area contributed by atoms with Crippen molar-refractivity contribution in [3.8, 4) is 0 Å². The van der Waals surface area contributed by atoms with Gasteiger partial charge in [0.15, 0.2) is 0 Å². The number of piperidine rings is 2. The molecule has 6 nitrogen and oxygen atoms in total. The molecule has 2 fully saturated rings. The van der Waals surface area contributed by atoms with Crippen LogP contribution in [0.2, 0.25) is 0 Å². The van der Waals surface area contributed by atoms with Gasteiger partial charge in [-0.05, 0) is 108 Å². The maximum Gasteiger partial charge on any atom is 0.220 e. The predicted octanol–water partition coefficient (Wildman–Crippen LogP) is 5.64. The predicted molar refractivity (Wildman–Crippen MR) is 151 cm³/mol. The molecule has 2 saturated heterocycles. The molecule has 0 aromatic rings. The van der Waals surface area contributed by atoms with E-state index in [0.29, 0.717) is 12.8 Å². The second-order valence-electron chi connectivity index (χ2n) is 14.3. The molecule has 0 aliphatic carbocycles. The molecule has 36 heavy (non-hydrogen) atoms. The van der Waals surface area contributed by atoms with Crippen molar-refractivity contribution in [2.75, 3.05) is 14.1 Å². The quantitative estimate of drug-likeness (QED) is 0.356. The van der Waals surface area contributed by atoms with E-state index in [-0.39, 0.29) is 46.1 Å². The van der Waals surface area contributed by atoms with Crippen LogP contribution in [0.5, 0.6) is 0 Å². The van der Waals surface area contributed by atoms with E-state index in [4.69, 9.17) is 0 Å². The third-order valence-electron chi connectivity index (χ3n) is 9.40. The molecule has 2 aliphatic rings. The Morgan fingerprint density at radius 2 is 0.806 bits per heavy atom. The molecule has 2 aliphatic heterocycles. The minimum Gasteiger partial charge on any atom is -0.353 e. The summed E-state index contributed by atoms with van der Waals surface area (Å²) in [6.07, 6.45) is 11.6. The highest BCUT2D eigenvalue weighted by Gasteiger charge is 2.44. The Kier molecular flexibility index (Phi) is 10.5. The van der Waals surface area contributed by atoms with Crippen LogP contribution in [0.15, 0.2) is 0 Å². The largest absolute Gasteiger partial charge is 0.353 e. The number of unbranched alkanes of at least 4 members (excludes halogenated alkanes) is 5. The van der Waals surface area contributed by atoms with Crippen molar-refractivity contribution in [2.24, 2.45) is 0 Å². The number of hydrogen-bond donors (Lipinski definition) is 2. The van der Waals surface area contributed by atoms with E-state index in [1.807, 2.05) is 0 Å². The van der Waals surface area contributed by atoms with Gasteiger partial charge < -0.3 is 10.6 Å². The highest BCUT2D eigenvalue weighted by Crippen LogP contribution is 2.38. The number of carbonyl (C=O) groups is 2. The lowest BCUT2D eigenvalue weighted by atomic mass is 9.77. The summed E-state index contributed by atoms with van der Waals surface area (Å²) in [6, 6.07) is 0.521. The van der Waals surface area contributed by atoms with Crippen LogP contribution < -0.4 is 10.6 Å². The average Bonchev–Trinajstić information content (AvgIpc) is 2.71. The molecule has 0 aromatic carbocycles. The second kappa shape index (κ2) is 12.1. The van der Waals surface area contributed by atoms with Gasteiger partial charge >= 0.3 is 0 Å². The normalized spacial score (nSPS) is 24.4. The summed E-state index contributed by atoms with van der Waals surface area (Å²) in [7, 11) is 4.39. The van der Waals surface area contributed by atoms with Gasteiger partial charge in [0, 0.05) is 47.1 Å². The fourth-order valence-corrected chi connectivity index (χ4v) is 6.82. The summed E-state index contributed by atoms with van der Waals surface area (Å²) in [5.74, 6) is 0.404. The standard InChI is InChI=1S/C30H58N4O2/c1-27(2)19-23(20-28(3,4)33(27)9)31-25(35)17-15-13-11-12-14-16-18-26(36)32-24-21-29(5,6)34(10)30(7,8)22-24/h23-24H,11-22H2,1-10H3,(H,31,35)(H,32,36). The van der Waals surface area contributed by atoms with E-state index < -0.39 is 0 Å². The Hall–Kier alpha value is -1.14. The third-order valence-corrected chi connectivity index (χ3v) is 9.40. The summed E-state index contributed by atoms with van der Waals surface area (Å²) < 4.78 is 0. The molecule has 0 unspecified atom stereocenters. The van der Waals surface area contributed by atoms with E-state index >= 15 is 0 Å². The first-order chi connectivity index (χ1) is 16.5. The number of nitrogens with one attached hydrogen (secondary N) is 2. The van der Waals surface area contributed by atoms with Crippen LogP contribution in [0.1, 0.15) is 132 Å². The van der Waals surface area contributed by atoms with Crippen LogP contribution in [0, 0.1) is 0 Å². The lowest BCUT2D eigenvalue weighted by Crippen LogP contribution is -2.62. The van der Waals surface area contributed by atoms with E-state index in [1.54, 1.807) is 0 Å². The molecule has 2 N–H and O–H groups in total. The maximum absolute atomic E-state index is 12.5. The van der Waals surface area contributed by atoms with Crippen molar-refractivity contribution in [3.63, 3.8) is 0 Å². The minimum absolute atomic E-state index is 0.0941. The number of nitrogens with zero attached hydrogens (tertiary/aromatic N) is 2. The average molecular weight is 507 g/mol. The van der Waals surface area contributed by atoms with Gasteiger partial charge in [-0.2, -0.15) is 0 Å². The van der Waals surface area contributed by atoms with Gasteiger partial charge in [-0.1, -0.05) is 25.7 Å². The van der Waals surface area contributed by atoms with Gasteiger partial charge in [0.2, 0.25) is 11.8 Å². The Morgan fingerprint density at radius 1 is 0.556 bits per heavy atom. The maximum atomic E-state index is 12.5. The topological polar surface area (TPSA) is 64.7 Å². The molecule has 0 saturated carbocycles. The van der Waals surface area contributed by atoms with E-state index in [0.717, 1.165) is 64.2 Å². The van der Waals surface area contributed by atoms with Crippen LogP contribution in [0.25, 0.3) is 0 Å². The van der Waals surface area contributed by atoms with Crippen LogP contribution in [0.3, 0.4) is 0 Å². The van der Waals surface area contributed by atoms with Crippen LogP contribution >= 0.6 is 0 Å². The molecule has 0 radical (unpaired) electrons. The molecule has 6 heteroatoms. The van der Waals surface area contributed by atoms with Gasteiger partial charge in [-0.3, -0.25) is 19.4 Å². The van der Waals surface area contributed by atoms with Gasteiger partial charge in [0.1, 0.15) is 0 Å². The van der Waals surface area contributed by atoms with E-state index in [1.165, 1.54) is 0 Å². The number of likely N-dealkylation sites (tertiary alicyclic amines) is 2. The highest BCUT2D eigenvalue weighted by atomic mass is 16.2. The lowest BCUT2D eigenvalue weighted by Gasteiger charge is -2.53. The Labute approximate surface area is 222 Å². The number of hydrogen-bond acceptors (Lipinski definition) is 4. The van der Waals surface area contributed by atoms with E-state index in [2.05, 4.69) is 89.9 Å². The van der Waals surface area contributed by atoms with Gasteiger partial charge in [0.25, 0.3) is 0 Å². The van der Waals surface area contributed by atoms with Crippen LogP contribution in [0.4, 0.5) is 0 Å². The molecule has 2 amide bonds. The zero-order valence-corrected chi connectivity index (χ0v) is 25.4. The Morgan fingerprint density at radius 3 is 1.08 bits per heavy atom. The number of rotatable bonds is 11. The van der Waals surface area contributed by atoms with Crippen molar-refractivity contribution in [1.82, 2.24) is 20.4 Å². The monoisotopic (exact) mass is 506 g/mol. The lowest BCUT2D eigenvalue weighted by molar-refractivity contribution is -0.124. The second-order valence-corrected chi connectivity index (χ2v) is 14.3. The Bertz CT molecular complexity index is 645. The third kappa shape index (κ3) is 8.72. The first kappa shape index (κ1) is 31.1. The van der Waals surface area contributed by atoms with Crippen molar-refractivity contribution in [1.29, 1.82) is 0 Å².